The van der Waals surface area contributed by atoms with Crippen molar-refractivity contribution >= 4 is 23.5 Å². The molecule has 0 radical (unpaired) electrons. The molecule has 2 aromatic rings. The van der Waals surface area contributed by atoms with E-state index in [4.69, 9.17) is 5.11 Å². The number of carbonyl (C=O) groups is 3. The fraction of sp³-hybridized carbons (Fsp3) is 0.250. The van der Waals surface area contributed by atoms with Crippen molar-refractivity contribution in [2.24, 2.45) is 5.92 Å². The molecule has 2 aromatic carbocycles. The number of benzene rings is 2. The molecular weight excluding hydrogens is 332 g/mol. The minimum Gasteiger partial charge on any atom is -0.478 e. The molecule has 0 fully saturated rings. The Balaban J connectivity index is 1.89. The van der Waals surface area contributed by atoms with Crippen molar-refractivity contribution in [1.29, 1.82) is 0 Å². The first-order valence-electron chi connectivity index (χ1n) is 8.35. The van der Waals surface area contributed by atoms with Gasteiger partial charge in [0.25, 0.3) is 5.91 Å². The number of amides is 2. The van der Waals surface area contributed by atoms with Crippen LogP contribution < -0.4 is 10.6 Å². The van der Waals surface area contributed by atoms with Gasteiger partial charge in [-0.25, -0.2) is 4.79 Å². The number of carboxylic acids is 1. The van der Waals surface area contributed by atoms with Gasteiger partial charge in [0.15, 0.2) is 0 Å². The summed E-state index contributed by atoms with van der Waals surface area (Å²) in [7, 11) is 0. The highest BCUT2D eigenvalue weighted by Crippen LogP contribution is 2.12. The molecule has 0 atom stereocenters. The van der Waals surface area contributed by atoms with Crippen molar-refractivity contribution in [3.63, 3.8) is 0 Å². The number of rotatable bonds is 7. The molecule has 0 heterocycles. The maximum absolute atomic E-state index is 12.2. The standard InChI is InChI=1S/C20H22N2O4/c1-13(2)11-18(23)22-17-9-7-15(8-10-17)19(24)21-12-14-3-5-16(6-4-14)20(25)26/h3-10,13H,11-12H2,1-2H3,(H,21,24)(H,22,23)(H,25,26). The summed E-state index contributed by atoms with van der Waals surface area (Å²) in [6, 6.07) is 13.0. The van der Waals surface area contributed by atoms with E-state index in [9.17, 15) is 14.4 Å². The topological polar surface area (TPSA) is 95.5 Å². The van der Waals surface area contributed by atoms with Gasteiger partial charge in [-0.15, -0.1) is 0 Å². The molecule has 0 aromatic heterocycles. The van der Waals surface area contributed by atoms with Crippen molar-refractivity contribution in [2.75, 3.05) is 5.32 Å². The van der Waals surface area contributed by atoms with Crippen LogP contribution in [0.3, 0.4) is 0 Å². The molecule has 0 unspecified atom stereocenters. The highest BCUT2D eigenvalue weighted by atomic mass is 16.4. The average molecular weight is 354 g/mol. The van der Waals surface area contributed by atoms with Gasteiger partial charge in [0, 0.05) is 24.2 Å². The molecular formula is C20H22N2O4. The molecule has 2 amide bonds. The molecule has 0 aliphatic heterocycles. The van der Waals surface area contributed by atoms with Gasteiger partial charge >= 0.3 is 5.97 Å². The van der Waals surface area contributed by atoms with Crippen molar-refractivity contribution in [3.05, 3.63) is 65.2 Å². The number of hydrogen-bond acceptors (Lipinski definition) is 3. The van der Waals surface area contributed by atoms with Crippen LogP contribution in [0.5, 0.6) is 0 Å². The summed E-state index contributed by atoms with van der Waals surface area (Å²) in [5.74, 6) is -1.000. The molecule has 0 spiro atoms. The minimum atomic E-state index is -0.985. The largest absolute Gasteiger partial charge is 0.478 e. The zero-order chi connectivity index (χ0) is 19.1. The molecule has 6 nitrogen and oxygen atoms in total. The fourth-order valence-electron chi connectivity index (χ4n) is 2.34. The van der Waals surface area contributed by atoms with E-state index in [1.807, 2.05) is 13.8 Å². The highest BCUT2D eigenvalue weighted by Gasteiger charge is 2.08. The lowest BCUT2D eigenvalue weighted by Gasteiger charge is -2.09. The van der Waals surface area contributed by atoms with Gasteiger partial charge in [-0.1, -0.05) is 26.0 Å². The van der Waals surface area contributed by atoms with Gasteiger partial charge in [0.1, 0.15) is 0 Å². The van der Waals surface area contributed by atoms with Gasteiger partial charge in [-0.2, -0.15) is 0 Å². The molecule has 26 heavy (non-hydrogen) atoms. The van der Waals surface area contributed by atoms with Crippen LogP contribution in [-0.4, -0.2) is 22.9 Å². The third-order valence-electron chi connectivity index (χ3n) is 3.68. The average Bonchev–Trinajstić information content (AvgIpc) is 2.60. The number of aromatic carboxylic acids is 1. The Morgan fingerprint density at radius 2 is 1.50 bits per heavy atom. The molecule has 0 aliphatic carbocycles. The van der Waals surface area contributed by atoms with Crippen LogP contribution in [0.1, 0.15) is 46.5 Å². The van der Waals surface area contributed by atoms with Gasteiger partial charge in [-0.05, 0) is 47.9 Å². The number of anilines is 1. The van der Waals surface area contributed by atoms with Crippen molar-refractivity contribution in [1.82, 2.24) is 5.32 Å². The van der Waals surface area contributed by atoms with Crippen molar-refractivity contribution < 1.29 is 19.5 Å². The van der Waals surface area contributed by atoms with Crippen LogP contribution in [0.25, 0.3) is 0 Å². The Kier molecular flexibility index (Phi) is 6.49. The zero-order valence-electron chi connectivity index (χ0n) is 14.8. The highest BCUT2D eigenvalue weighted by molar-refractivity contribution is 5.95. The van der Waals surface area contributed by atoms with Crippen LogP contribution >= 0.6 is 0 Å². The second kappa shape index (κ2) is 8.80. The molecule has 6 heteroatoms. The van der Waals surface area contributed by atoms with Gasteiger partial charge in [0.05, 0.1) is 5.56 Å². The van der Waals surface area contributed by atoms with Crippen LogP contribution in [0.4, 0.5) is 5.69 Å². The van der Waals surface area contributed by atoms with E-state index in [-0.39, 0.29) is 23.3 Å². The van der Waals surface area contributed by atoms with Gasteiger partial charge in [-0.3, -0.25) is 9.59 Å². The summed E-state index contributed by atoms with van der Waals surface area (Å²) in [5, 5.41) is 14.4. The summed E-state index contributed by atoms with van der Waals surface area (Å²) in [6.45, 7) is 4.25. The third-order valence-corrected chi connectivity index (χ3v) is 3.68. The molecule has 3 N–H and O–H groups in total. The van der Waals surface area contributed by atoms with E-state index in [1.54, 1.807) is 36.4 Å². The predicted molar refractivity (Wildman–Crippen MR) is 99.1 cm³/mol. The normalized spacial score (nSPS) is 10.4. The smallest absolute Gasteiger partial charge is 0.335 e. The predicted octanol–water partition coefficient (Wildman–Crippen LogP) is 3.30. The fourth-order valence-corrected chi connectivity index (χ4v) is 2.34. The number of hydrogen-bond donors (Lipinski definition) is 3. The lowest BCUT2D eigenvalue weighted by molar-refractivity contribution is -0.116. The Bertz CT molecular complexity index is 780. The summed E-state index contributed by atoms with van der Waals surface area (Å²) in [5.41, 5.74) is 2.14. The maximum Gasteiger partial charge on any atom is 0.335 e. The molecule has 136 valence electrons. The molecule has 0 saturated carbocycles. The quantitative estimate of drug-likeness (QED) is 0.711. The Hall–Kier alpha value is -3.15. The Labute approximate surface area is 152 Å². The number of carbonyl (C=O) groups excluding carboxylic acids is 2. The van der Waals surface area contributed by atoms with Crippen molar-refractivity contribution in [3.8, 4) is 0 Å². The molecule has 0 saturated heterocycles. The maximum atomic E-state index is 12.2. The van der Waals surface area contributed by atoms with Crippen LogP contribution in [0.2, 0.25) is 0 Å². The van der Waals surface area contributed by atoms with E-state index in [2.05, 4.69) is 10.6 Å². The summed E-state index contributed by atoms with van der Waals surface area (Å²) < 4.78 is 0. The summed E-state index contributed by atoms with van der Waals surface area (Å²) in [6.07, 6.45) is 0.447. The van der Waals surface area contributed by atoms with Crippen LogP contribution in [0.15, 0.2) is 48.5 Å². The van der Waals surface area contributed by atoms with Crippen LogP contribution in [-0.2, 0) is 11.3 Å². The van der Waals surface area contributed by atoms with E-state index in [0.29, 0.717) is 24.2 Å². The third kappa shape index (κ3) is 5.73. The number of nitrogens with one attached hydrogen (secondary N) is 2. The van der Waals surface area contributed by atoms with Crippen LogP contribution in [0, 0.1) is 5.92 Å². The monoisotopic (exact) mass is 354 g/mol. The van der Waals surface area contributed by atoms with Crippen molar-refractivity contribution in [2.45, 2.75) is 26.8 Å². The SMILES string of the molecule is CC(C)CC(=O)Nc1ccc(C(=O)NCc2ccc(C(=O)O)cc2)cc1. The first kappa shape index (κ1) is 19.2. The first-order chi connectivity index (χ1) is 12.3. The lowest BCUT2D eigenvalue weighted by atomic mass is 10.1. The van der Waals surface area contributed by atoms with E-state index >= 15 is 0 Å². The summed E-state index contributed by atoms with van der Waals surface area (Å²) >= 11 is 0. The van der Waals surface area contributed by atoms with Gasteiger partial charge in [0.2, 0.25) is 5.91 Å². The zero-order valence-corrected chi connectivity index (χ0v) is 14.8. The minimum absolute atomic E-state index is 0.0537. The molecule has 0 bridgehead atoms. The second-order valence-electron chi connectivity index (χ2n) is 6.41. The Morgan fingerprint density at radius 1 is 0.923 bits per heavy atom. The Morgan fingerprint density at radius 3 is 2.04 bits per heavy atom. The molecule has 0 aliphatic rings. The van der Waals surface area contributed by atoms with Gasteiger partial charge < -0.3 is 15.7 Å². The first-order valence-corrected chi connectivity index (χ1v) is 8.35. The lowest BCUT2D eigenvalue weighted by Crippen LogP contribution is -2.22. The van der Waals surface area contributed by atoms with E-state index in [0.717, 1.165) is 5.56 Å². The second-order valence-corrected chi connectivity index (χ2v) is 6.41. The number of carboxylic acid groups (broad SMARTS) is 1. The summed E-state index contributed by atoms with van der Waals surface area (Å²) in [4.78, 5) is 34.7. The van der Waals surface area contributed by atoms with E-state index < -0.39 is 5.97 Å². The van der Waals surface area contributed by atoms with E-state index in [1.165, 1.54) is 12.1 Å². The molecule has 2 rings (SSSR count).